The van der Waals surface area contributed by atoms with Crippen LogP contribution in [0.4, 0.5) is 11.4 Å². The van der Waals surface area contributed by atoms with Crippen molar-refractivity contribution in [1.29, 1.82) is 0 Å². The molecule has 0 aliphatic carbocycles. The Morgan fingerprint density at radius 2 is 2.06 bits per heavy atom. The van der Waals surface area contributed by atoms with Crippen LogP contribution >= 0.6 is 34.5 Å². The second-order valence-corrected chi connectivity index (χ2v) is 4.96. The van der Waals surface area contributed by atoms with Crippen LogP contribution in [0.5, 0.6) is 0 Å². The number of nitrogens with two attached hydrogens (primary N) is 1. The first kappa shape index (κ1) is 11.5. The molecule has 2 rings (SSSR count). The van der Waals surface area contributed by atoms with Crippen LogP contribution in [0.25, 0.3) is 0 Å². The zero-order valence-electron chi connectivity index (χ0n) is 8.21. The maximum atomic E-state index is 5.91. The number of hydrogen-bond acceptors (Lipinski definition) is 4. The Morgan fingerprint density at radius 1 is 1.31 bits per heavy atom. The van der Waals surface area contributed by atoms with E-state index in [2.05, 4.69) is 10.3 Å². The van der Waals surface area contributed by atoms with Gasteiger partial charge in [-0.25, -0.2) is 0 Å². The minimum atomic E-state index is 0.461. The lowest BCUT2D eigenvalue weighted by Crippen LogP contribution is -2.01. The molecule has 0 aliphatic rings. The summed E-state index contributed by atoms with van der Waals surface area (Å²) < 4.78 is 0. The first-order valence-corrected chi connectivity index (χ1v) is 6.16. The Bertz CT molecular complexity index is 485. The van der Waals surface area contributed by atoms with Crippen LogP contribution in [0.1, 0.15) is 4.88 Å². The predicted octanol–water partition coefficient (Wildman–Crippen LogP) is 3.64. The molecule has 0 atom stereocenters. The van der Waals surface area contributed by atoms with Gasteiger partial charge in [-0.3, -0.25) is 4.98 Å². The molecule has 0 saturated carbocycles. The normalized spacial score (nSPS) is 10.4. The van der Waals surface area contributed by atoms with Crippen LogP contribution in [0.15, 0.2) is 23.8 Å². The smallest absolute Gasteiger partial charge is 0.0794 e. The minimum absolute atomic E-state index is 0.461. The Morgan fingerprint density at radius 3 is 2.75 bits per heavy atom. The summed E-state index contributed by atoms with van der Waals surface area (Å²) in [5.41, 5.74) is 8.96. The van der Waals surface area contributed by atoms with E-state index in [4.69, 9.17) is 28.9 Å². The van der Waals surface area contributed by atoms with E-state index >= 15 is 0 Å². The zero-order chi connectivity index (χ0) is 11.5. The molecule has 3 nitrogen and oxygen atoms in total. The highest BCUT2D eigenvalue weighted by Gasteiger charge is 2.05. The van der Waals surface area contributed by atoms with Gasteiger partial charge in [-0.15, -0.1) is 11.3 Å². The average molecular weight is 274 g/mol. The molecule has 0 aliphatic heterocycles. The van der Waals surface area contributed by atoms with Crippen molar-refractivity contribution < 1.29 is 0 Å². The van der Waals surface area contributed by atoms with Gasteiger partial charge in [-0.2, -0.15) is 0 Å². The van der Waals surface area contributed by atoms with Gasteiger partial charge in [0.1, 0.15) is 0 Å². The van der Waals surface area contributed by atoms with Gasteiger partial charge in [-0.05, 0) is 12.1 Å². The predicted molar refractivity (Wildman–Crippen MR) is 70.3 cm³/mol. The van der Waals surface area contributed by atoms with Crippen LogP contribution in [0, 0.1) is 0 Å². The number of nitrogens with zero attached hydrogens (tertiary/aromatic N) is 1. The number of hydrogen-bond donors (Lipinski definition) is 2. The number of nitrogen functional groups attached to an aromatic ring is 1. The number of anilines is 2. The van der Waals surface area contributed by atoms with Crippen LogP contribution < -0.4 is 11.1 Å². The van der Waals surface area contributed by atoms with Crippen molar-refractivity contribution >= 4 is 45.9 Å². The van der Waals surface area contributed by atoms with E-state index in [0.717, 1.165) is 10.6 Å². The summed E-state index contributed by atoms with van der Waals surface area (Å²) >= 11 is 13.3. The average Bonchev–Trinajstić information content (AvgIpc) is 2.74. The van der Waals surface area contributed by atoms with Crippen molar-refractivity contribution in [2.75, 3.05) is 11.1 Å². The largest absolute Gasteiger partial charge is 0.397 e. The molecule has 3 N–H and O–H groups in total. The number of rotatable bonds is 3. The molecule has 0 radical (unpaired) electrons. The maximum absolute atomic E-state index is 5.91. The number of benzene rings is 1. The molecule has 0 unspecified atom stereocenters. The Hall–Kier alpha value is -0.970. The summed E-state index contributed by atoms with van der Waals surface area (Å²) in [6.07, 6.45) is 1.81. The number of thiazole rings is 1. The van der Waals surface area contributed by atoms with Gasteiger partial charge < -0.3 is 11.1 Å². The van der Waals surface area contributed by atoms with Crippen LogP contribution in [-0.4, -0.2) is 4.98 Å². The molecule has 1 heterocycles. The molecule has 0 saturated heterocycles. The lowest BCUT2D eigenvalue weighted by atomic mass is 10.2. The van der Waals surface area contributed by atoms with E-state index in [1.54, 1.807) is 29.0 Å². The SMILES string of the molecule is Nc1cc(Cl)c(Cl)cc1NCc1cncs1. The Kier molecular flexibility index (Phi) is 3.53. The number of aromatic nitrogens is 1. The second kappa shape index (κ2) is 4.91. The minimum Gasteiger partial charge on any atom is -0.397 e. The Labute approximate surface area is 107 Å². The van der Waals surface area contributed by atoms with Gasteiger partial charge in [0, 0.05) is 11.1 Å². The lowest BCUT2D eigenvalue weighted by molar-refractivity contribution is 1.18. The van der Waals surface area contributed by atoms with Gasteiger partial charge in [0.25, 0.3) is 0 Å². The molecule has 2 aromatic rings. The highest BCUT2D eigenvalue weighted by atomic mass is 35.5. The molecule has 0 spiro atoms. The van der Waals surface area contributed by atoms with Gasteiger partial charge >= 0.3 is 0 Å². The van der Waals surface area contributed by atoms with Crippen LogP contribution in [-0.2, 0) is 6.54 Å². The second-order valence-electron chi connectivity index (χ2n) is 3.17. The monoisotopic (exact) mass is 273 g/mol. The van der Waals surface area contributed by atoms with Gasteiger partial charge in [-0.1, -0.05) is 23.2 Å². The summed E-state index contributed by atoms with van der Waals surface area (Å²) in [5.74, 6) is 0. The topological polar surface area (TPSA) is 50.9 Å². The molecule has 1 aromatic carbocycles. The quantitative estimate of drug-likeness (QED) is 0.840. The number of nitrogens with one attached hydrogen (secondary N) is 1. The standard InChI is InChI=1S/C10H9Cl2N3S/c11-7-1-9(13)10(2-8(7)12)15-4-6-3-14-5-16-6/h1-3,5,15H,4,13H2. The summed E-state index contributed by atoms with van der Waals surface area (Å²) in [4.78, 5) is 5.12. The Balaban J connectivity index is 2.12. The zero-order valence-corrected chi connectivity index (χ0v) is 10.5. The first-order chi connectivity index (χ1) is 7.66. The van der Waals surface area contributed by atoms with E-state index in [1.165, 1.54) is 0 Å². The molecule has 0 amide bonds. The molecule has 84 valence electrons. The van der Waals surface area contributed by atoms with E-state index in [-0.39, 0.29) is 0 Å². The van der Waals surface area contributed by atoms with E-state index in [1.807, 2.05) is 6.20 Å². The fraction of sp³-hybridized carbons (Fsp3) is 0.100. The van der Waals surface area contributed by atoms with Crippen molar-refractivity contribution in [1.82, 2.24) is 4.98 Å². The van der Waals surface area contributed by atoms with Crippen LogP contribution in [0.2, 0.25) is 10.0 Å². The first-order valence-electron chi connectivity index (χ1n) is 4.52. The number of halogens is 2. The highest BCUT2D eigenvalue weighted by Crippen LogP contribution is 2.31. The lowest BCUT2D eigenvalue weighted by Gasteiger charge is -2.09. The van der Waals surface area contributed by atoms with Crippen LogP contribution in [0.3, 0.4) is 0 Å². The van der Waals surface area contributed by atoms with Crippen molar-refractivity contribution in [3.05, 3.63) is 38.8 Å². The van der Waals surface area contributed by atoms with Crippen molar-refractivity contribution in [2.45, 2.75) is 6.54 Å². The summed E-state index contributed by atoms with van der Waals surface area (Å²) in [6, 6.07) is 3.36. The van der Waals surface area contributed by atoms with Gasteiger partial charge in [0.05, 0.1) is 33.5 Å². The molecular weight excluding hydrogens is 265 g/mol. The van der Waals surface area contributed by atoms with Crippen molar-refractivity contribution in [3.8, 4) is 0 Å². The van der Waals surface area contributed by atoms with E-state index < -0.39 is 0 Å². The third-order valence-corrected chi connectivity index (χ3v) is 3.53. The third kappa shape index (κ3) is 2.58. The fourth-order valence-electron chi connectivity index (χ4n) is 1.23. The van der Waals surface area contributed by atoms with Crippen molar-refractivity contribution in [3.63, 3.8) is 0 Å². The molecule has 16 heavy (non-hydrogen) atoms. The van der Waals surface area contributed by atoms with E-state index in [9.17, 15) is 0 Å². The summed E-state index contributed by atoms with van der Waals surface area (Å²) in [5, 5.41) is 4.13. The fourth-order valence-corrected chi connectivity index (χ4v) is 2.10. The van der Waals surface area contributed by atoms with Crippen molar-refractivity contribution in [2.24, 2.45) is 0 Å². The molecule has 6 heteroatoms. The molecule has 0 fully saturated rings. The van der Waals surface area contributed by atoms with Gasteiger partial charge in [0.2, 0.25) is 0 Å². The van der Waals surface area contributed by atoms with E-state index in [0.29, 0.717) is 22.3 Å². The molecule has 0 bridgehead atoms. The summed E-state index contributed by atoms with van der Waals surface area (Å²) in [7, 11) is 0. The third-order valence-electron chi connectivity index (χ3n) is 2.03. The molecular formula is C10H9Cl2N3S. The van der Waals surface area contributed by atoms with Gasteiger partial charge in [0.15, 0.2) is 0 Å². The maximum Gasteiger partial charge on any atom is 0.0794 e. The molecule has 1 aromatic heterocycles. The summed E-state index contributed by atoms with van der Waals surface area (Å²) in [6.45, 7) is 0.673. The highest BCUT2D eigenvalue weighted by molar-refractivity contribution is 7.09.